The Morgan fingerprint density at radius 2 is 1.88 bits per heavy atom. The van der Waals surface area contributed by atoms with Crippen LogP contribution in [0.4, 0.5) is 5.69 Å². The highest BCUT2D eigenvalue weighted by atomic mass is 16.5. The van der Waals surface area contributed by atoms with E-state index in [4.69, 9.17) is 14.6 Å². The molecule has 0 aromatic heterocycles. The van der Waals surface area contributed by atoms with Gasteiger partial charge in [0.1, 0.15) is 11.5 Å². The van der Waals surface area contributed by atoms with Crippen LogP contribution in [0.5, 0.6) is 11.5 Å². The maximum absolute atomic E-state index is 9.28. The fourth-order valence-corrected chi connectivity index (χ4v) is 1.48. The normalized spacial score (nSPS) is 12.1. The van der Waals surface area contributed by atoms with E-state index >= 15 is 0 Å². The van der Waals surface area contributed by atoms with E-state index in [1.165, 1.54) is 0 Å². The van der Waals surface area contributed by atoms with E-state index in [9.17, 15) is 5.11 Å². The maximum Gasteiger partial charge on any atom is 0.142 e. The molecule has 1 rings (SSSR count). The molecular formula is C12H19NO4. The first kappa shape index (κ1) is 13.6. The molecule has 0 spiro atoms. The summed E-state index contributed by atoms with van der Waals surface area (Å²) < 4.78 is 10.4. The summed E-state index contributed by atoms with van der Waals surface area (Å²) in [5.74, 6) is 1.42. The van der Waals surface area contributed by atoms with Crippen LogP contribution in [0.15, 0.2) is 12.1 Å². The van der Waals surface area contributed by atoms with Crippen molar-refractivity contribution in [1.82, 2.24) is 0 Å². The lowest BCUT2D eigenvalue weighted by atomic mass is 10.2. The van der Waals surface area contributed by atoms with Crippen LogP contribution in [0.1, 0.15) is 5.56 Å². The third kappa shape index (κ3) is 3.51. The zero-order chi connectivity index (χ0) is 12.8. The van der Waals surface area contributed by atoms with Crippen molar-refractivity contribution in [2.24, 2.45) is 0 Å². The van der Waals surface area contributed by atoms with E-state index in [2.05, 4.69) is 5.32 Å². The van der Waals surface area contributed by atoms with Crippen LogP contribution < -0.4 is 14.8 Å². The Kier molecular flexibility index (Phi) is 5.06. The predicted octanol–water partition coefficient (Wildman–Crippen LogP) is 0.777. The molecule has 0 radical (unpaired) electrons. The van der Waals surface area contributed by atoms with E-state index in [0.29, 0.717) is 5.75 Å². The number of ether oxygens (including phenoxy) is 2. The Morgan fingerprint density at radius 1 is 1.24 bits per heavy atom. The van der Waals surface area contributed by atoms with Crippen LogP contribution in [-0.2, 0) is 0 Å². The zero-order valence-corrected chi connectivity index (χ0v) is 10.4. The largest absolute Gasteiger partial charge is 0.496 e. The van der Waals surface area contributed by atoms with Crippen LogP contribution in [0.3, 0.4) is 0 Å². The molecule has 0 aliphatic carbocycles. The topological polar surface area (TPSA) is 71.0 Å². The van der Waals surface area contributed by atoms with Crippen LogP contribution in [0.2, 0.25) is 0 Å². The lowest BCUT2D eigenvalue weighted by Gasteiger charge is -2.16. The summed E-state index contributed by atoms with van der Waals surface area (Å²) in [6, 6.07) is 3.66. The Balaban J connectivity index is 2.88. The van der Waals surface area contributed by atoms with Crippen LogP contribution in [0.25, 0.3) is 0 Å². The number of rotatable bonds is 6. The quantitative estimate of drug-likeness (QED) is 0.686. The van der Waals surface area contributed by atoms with Crippen molar-refractivity contribution >= 4 is 5.69 Å². The molecular weight excluding hydrogens is 222 g/mol. The first-order valence-corrected chi connectivity index (χ1v) is 5.37. The molecule has 1 aromatic rings. The van der Waals surface area contributed by atoms with Gasteiger partial charge in [0.15, 0.2) is 0 Å². The van der Waals surface area contributed by atoms with Gasteiger partial charge in [-0.2, -0.15) is 0 Å². The Bertz CT molecular complexity index is 368. The molecule has 0 fully saturated rings. The second-order valence-corrected chi connectivity index (χ2v) is 3.74. The summed E-state index contributed by atoms with van der Waals surface area (Å²) in [7, 11) is 3.18. The predicted molar refractivity (Wildman–Crippen MR) is 65.9 cm³/mol. The molecule has 0 amide bonds. The number of hydrogen-bond donors (Lipinski definition) is 3. The average Bonchev–Trinajstić information content (AvgIpc) is 2.36. The standard InChI is InChI=1S/C12H19NO4/c1-8-4-12(17-3)10(5-11(8)16-2)13-6-9(15)7-14/h4-5,9,13-15H,6-7H2,1-3H3. The van der Waals surface area contributed by atoms with E-state index in [0.717, 1.165) is 17.0 Å². The summed E-state index contributed by atoms with van der Waals surface area (Å²) in [5, 5.41) is 21.0. The summed E-state index contributed by atoms with van der Waals surface area (Å²) in [4.78, 5) is 0. The van der Waals surface area contributed by atoms with Crippen molar-refractivity contribution in [2.75, 3.05) is 32.7 Å². The first-order valence-electron chi connectivity index (χ1n) is 5.37. The van der Waals surface area contributed by atoms with Crippen molar-refractivity contribution in [3.8, 4) is 11.5 Å². The molecule has 0 saturated heterocycles. The highest BCUT2D eigenvalue weighted by Crippen LogP contribution is 2.32. The number of anilines is 1. The third-order valence-corrected chi connectivity index (χ3v) is 2.46. The molecule has 1 aromatic carbocycles. The van der Waals surface area contributed by atoms with Gasteiger partial charge >= 0.3 is 0 Å². The average molecular weight is 241 g/mol. The molecule has 96 valence electrons. The number of aliphatic hydroxyl groups is 2. The summed E-state index contributed by atoms with van der Waals surface area (Å²) in [6.07, 6.45) is -0.799. The van der Waals surface area contributed by atoms with Gasteiger partial charge < -0.3 is 25.0 Å². The SMILES string of the molecule is COc1cc(NCC(O)CO)c(OC)cc1C. The number of benzene rings is 1. The van der Waals surface area contributed by atoms with Gasteiger partial charge in [0.2, 0.25) is 0 Å². The number of nitrogens with one attached hydrogen (secondary N) is 1. The maximum atomic E-state index is 9.28. The molecule has 0 aliphatic rings. The molecule has 3 N–H and O–H groups in total. The zero-order valence-electron chi connectivity index (χ0n) is 10.4. The minimum absolute atomic E-state index is 0.249. The van der Waals surface area contributed by atoms with E-state index < -0.39 is 6.10 Å². The molecule has 17 heavy (non-hydrogen) atoms. The van der Waals surface area contributed by atoms with E-state index in [-0.39, 0.29) is 13.2 Å². The van der Waals surface area contributed by atoms with Gasteiger partial charge in [-0.3, -0.25) is 0 Å². The first-order chi connectivity index (χ1) is 8.12. The van der Waals surface area contributed by atoms with Gasteiger partial charge in [-0.25, -0.2) is 0 Å². The molecule has 1 atom stereocenters. The number of aryl methyl sites for hydroxylation is 1. The van der Waals surface area contributed by atoms with Gasteiger partial charge in [0.05, 0.1) is 32.6 Å². The molecule has 0 bridgehead atoms. The van der Waals surface area contributed by atoms with Gasteiger partial charge in [-0.05, 0) is 18.6 Å². The van der Waals surface area contributed by atoms with Crippen molar-refractivity contribution in [1.29, 1.82) is 0 Å². The van der Waals surface area contributed by atoms with Crippen molar-refractivity contribution in [2.45, 2.75) is 13.0 Å². The monoisotopic (exact) mass is 241 g/mol. The second kappa shape index (κ2) is 6.32. The second-order valence-electron chi connectivity index (χ2n) is 3.74. The number of hydrogen-bond acceptors (Lipinski definition) is 5. The van der Waals surface area contributed by atoms with Crippen LogP contribution in [-0.4, -0.2) is 43.7 Å². The minimum atomic E-state index is -0.799. The van der Waals surface area contributed by atoms with E-state index in [1.54, 1.807) is 20.3 Å². The highest BCUT2D eigenvalue weighted by molar-refractivity contribution is 5.62. The van der Waals surface area contributed by atoms with Crippen LogP contribution >= 0.6 is 0 Å². The number of methoxy groups -OCH3 is 2. The smallest absolute Gasteiger partial charge is 0.142 e. The third-order valence-electron chi connectivity index (χ3n) is 2.46. The molecule has 1 unspecified atom stereocenters. The summed E-state index contributed by atoms with van der Waals surface area (Å²) in [6.45, 7) is 1.89. The Labute approximate surface area is 101 Å². The summed E-state index contributed by atoms with van der Waals surface area (Å²) in [5.41, 5.74) is 1.69. The van der Waals surface area contributed by atoms with Crippen LogP contribution in [0, 0.1) is 6.92 Å². The molecule has 5 nitrogen and oxygen atoms in total. The lowest BCUT2D eigenvalue weighted by Crippen LogP contribution is -2.23. The highest BCUT2D eigenvalue weighted by Gasteiger charge is 2.09. The molecule has 0 saturated carbocycles. The molecule has 0 heterocycles. The van der Waals surface area contributed by atoms with Crippen molar-refractivity contribution in [3.05, 3.63) is 17.7 Å². The van der Waals surface area contributed by atoms with Gasteiger partial charge in [0, 0.05) is 12.6 Å². The lowest BCUT2D eigenvalue weighted by molar-refractivity contribution is 0.105. The van der Waals surface area contributed by atoms with Gasteiger partial charge in [0.25, 0.3) is 0 Å². The molecule has 5 heteroatoms. The van der Waals surface area contributed by atoms with Crippen molar-refractivity contribution in [3.63, 3.8) is 0 Å². The number of aliphatic hydroxyl groups excluding tert-OH is 2. The Morgan fingerprint density at radius 3 is 2.41 bits per heavy atom. The minimum Gasteiger partial charge on any atom is -0.496 e. The Hall–Kier alpha value is -1.46. The van der Waals surface area contributed by atoms with E-state index in [1.807, 2.05) is 13.0 Å². The van der Waals surface area contributed by atoms with Gasteiger partial charge in [-0.1, -0.05) is 0 Å². The van der Waals surface area contributed by atoms with Crippen molar-refractivity contribution < 1.29 is 19.7 Å². The molecule has 0 aliphatic heterocycles. The summed E-state index contributed by atoms with van der Waals surface area (Å²) >= 11 is 0. The van der Waals surface area contributed by atoms with Gasteiger partial charge in [-0.15, -0.1) is 0 Å². The fourth-order valence-electron chi connectivity index (χ4n) is 1.48. The fraction of sp³-hybridized carbons (Fsp3) is 0.500.